The second-order valence-corrected chi connectivity index (χ2v) is 7.92. The lowest BCUT2D eigenvalue weighted by Gasteiger charge is -2.31. The van der Waals surface area contributed by atoms with Crippen molar-refractivity contribution in [1.29, 1.82) is 0 Å². The van der Waals surface area contributed by atoms with E-state index < -0.39 is 28.2 Å². The smallest absolute Gasteiger partial charge is 0.269 e. The molecule has 1 atom stereocenters. The zero-order chi connectivity index (χ0) is 22.1. The van der Waals surface area contributed by atoms with Crippen molar-refractivity contribution in [3.63, 3.8) is 0 Å². The van der Waals surface area contributed by atoms with Crippen LogP contribution in [0.4, 0.5) is 23.1 Å². The molecule has 4 rings (SSSR count). The van der Waals surface area contributed by atoms with E-state index in [2.05, 4.69) is 27.5 Å². The van der Waals surface area contributed by atoms with Gasteiger partial charge < -0.3 is 15.5 Å². The van der Waals surface area contributed by atoms with Gasteiger partial charge in [-0.05, 0) is 30.9 Å². The van der Waals surface area contributed by atoms with Crippen molar-refractivity contribution in [2.75, 3.05) is 28.6 Å². The number of H-pyrrole nitrogens is 1. The third-order valence-corrected chi connectivity index (χ3v) is 5.68. The second-order valence-electron chi connectivity index (χ2n) is 7.92. The fourth-order valence-corrected chi connectivity index (χ4v) is 3.85. The van der Waals surface area contributed by atoms with Gasteiger partial charge in [-0.25, -0.2) is 0 Å². The van der Waals surface area contributed by atoms with Crippen LogP contribution in [0.5, 0.6) is 0 Å². The lowest BCUT2D eigenvalue weighted by Crippen LogP contribution is -2.39. The Morgan fingerprint density at radius 2 is 1.90 bits per heavy atom. The molecule has 0 spiro atoms. The summed E-state index contributed by atoms with van der Waals surface area (Å²) >= 11 is 0. The highest BCUT2D eigenvalue weighted by molar-refractivity contribution is 6.04. The average Bonchev–Trinajstić information content (AvgIpc) is 2.73. The van der Waals surface area contributed by atoms with Crippen LogP contribution in [-0.4, -0.2) is 39.8 Å². The number of anilines is 3. The van der Waals surface area contributed by atoms with Crippen LogP contribution in [0.2, 0.25) is 0 Å². The molecule has 3 heterocycles. The van der Waals surface area contributed by atoms with E-state index in [1.165, 1.54) is 24.3 Å². The number of nitrogens with one attached hydrogen (secondary N) is 3. The molecule has 1 saturated heterocycles. The van der Waals surface area contributed by atoms with Crippen LogP contribution in [0.15, 0.2) is 29.1 Å². The average molecular weight is 426 g/mol. The number of non-ortho nitro benzene ring substituents is 1. The minimum Gasteiger partial charge on any atom is -0.342 e. The van der Waals surface area contributed by atoms with Crippen molar-refractivity contribution in [2.24, 2.45) is 5.92 Å². The van der Waals surface area contributed by atoms with Crippen LogP contribution in [0, 0.1) is 16.0 Å². The fraction of sp³-hybridized carbons (Fsp3) is 0.400. The fourth-order valence-electron chi connectivity index (χ4n) is 3.85. The SMILES string of the molecule is CC1CCN(c2nc3c(c(=O)[nH]2)[C@H](C(=O)Nc2ccc([N+](=O)[O-])cc2)CC(=O)N3)CC1. The molecule has 1 aromatic heterocycles. The Bertz CT molecular complexity index is 1090. The molecule has 3 N–H and O–H groups in total. The van der Waals surface area contributed by atoms with Crippen LogP contribution < -0.4 is 21.1 Å². The van der Waals surface area contributed by atoms with E-state index in [0.29, 0.717) is 17.6 Å². The molecule has 11 nitrogen and oxygen atoms in total. The number of piperidine rings is 1. The largest absolute Gasteiger partial charge is 0.342 e. The molecule has 2 aliphatic rings. The number of carbonyl (C=O) groups excluding carboxylic acids is 2. The van der Waals surface area contributed by atoms with Gasteiger partial charge in [-0.3, -0.25) is 29.5 Å². The van der Waals surface area contributed by atoms with E-state index in [1.54, 1.807) is 0 Å². The number of rotatable bonds is 4. The van der Waals surface area contributed by atoms with Crippen molar-refractivity contribution >= 4 is 35.0 Å². The molecule has 1 fully saturated rings. The number of aromatic nitrogens is 2. The predicted octanol–water partition coefficient (Wildman–Crippen LogP) is 1.98. The summed E-state index contributed by atoms with van der Waals surface area (Å²) in [5.41, 5.74) is -0.150. The molecule has 2 aromatic rings. The van der Waals surface area contributed by atoms with Gasteiger partial charge in [-0.15, -0.1) is 0 Å². The third-order valence-electron chi connectivity index (χ3n) is 5.68. The third kappa shape index (κ3) is 4.25. The maximum atomic E-state index is 12.9. The molecule has 162 valence electrons. The van der Waals surface area contributed by atoms with Crippen molar-refractivity contribution < 1.29 is 14.5 Å². The van der Waals surface area contributed by atoms with Gasteiger partial charge in [0.15, 0.2) is 0 Å². The van der Waals surface area contributed by atoms with E-state index >= 15 is 0 Å². The molecule has 0 aliphatic carbocycles. The van der Waals surface area contributed by atoms with Crippen LogP contribution in [0.3, 0.4) is 0 Å². The van der Waals surface area contributed by atoms with Gasteiger partial charge in [0.05, 0.1) is 16.4 Å². The first-order valence-corrected chi connectivity index (χ1v) is 10.1. The van der Waals surface area contributed by atoms with Crippen molar-refractivity contribution in [2.45, 2.75) is 32.1 Å². The summed E-state index contributed by atoms with van der Waals surface area (Å²) in [6.45, 7) is 3.68. The molecule has 0 unspecified atom stereocenters. The quantitative estimate of drug-likeness (QED) is 0.499. The molecule has 11 heteroatoms. The summed E-state index contributed by atoms with van der Waals surface area (Å²) in [5, 5.41) is 16.0. The van der Waals surface area contributed by atoms with Gasteiger partial charge in [0.25, 0.3) is 11.2 Å². The number of amides is 2. The van der Waals surface area contributed by atoms with Gasteiger partial charge in [-0.2, -0.15) is 4.98 Å². The summed E-state index contributed by atoms with van der Waals surface area (Å²) < 4.78 is 0. The summed E-state index contributed by atoms with van der Waals surface area (Å²) in [6.07, 6.45) is 1.76. The number of aromatic amines is 1. The molecular formula is C20H22N6O5. The molecule has 31 heavy (non-hydrogen) atoms. The number of nitro benzene ring substituents is 1. The first kappa shape index (κ1) is 20.5. The van der Waals surface area contributed by atoms with E-state index in [-0.39, 0.29) is 23.5 Å². The molecule has 0 radical (unpaired) electrons. The lowest BCUT2D eigenvalue weighted by molar-refractivity contribution is -0.384. The summed E-state index contributed by atoms with van der Waals surface area (Å²) in [4.78, 5) is 57.3. The Labute approximate surface area is 177 Å². The minimum atomic E-state index is -1.02. The predicted molar refractivity (Wildman–Crippen MR) is 113 cm³/mol. The molecule has 0 bridgehead atoms. The Hall–Kier alpha value is -3.76. The first-order chi connectivity index (χ1) is 14.8. The summed E-state index contributed by atoms with van der Waals surface area (Å²) in [7, 11) is 0. The molecule has 1 aromatic carbocycles. The van der Waals surface area contributed by atoms with Crippen LogP contribution >= 0.6 is 0 Å². The van der Waals surface area contributed by atoms with E-state index in [1.807, 2.05) is 4.90 Å². The lowest BCUT2D eigenvalue weighted by atomic mass is 9.92. The van der Waals surface area contributed by atoms with Crippen LogP contribution in [-0.2, 0) is 9.59 Å². The van der Waals surface area contributed by atoms with Gasteiger partial charge in [-0.1, -0.05) is 6.92 Å². The van der Waals surface area contributed by atoms with Crippen molar-refractivity contribution in [3.8, 4) is 0 Å². The van der Waals surface area contributed by atoms with Crippen LogP contribution in [0.1, 0.15) is 37.7 Å². The second kappa shape index (κ2) is 8.17. The molecule has 2 amide bonds. The zero-order valence-electron chi connectivity index (χ0n) is 16.9. The van der Waals surface area contributed by atoms with Crippen molar-refractivity contribution in [1.82, 2.24) is 9.97 Å². The standard InChI is InChI=1S/C20H22N6O5/c1-11-6-8-25(9-7-11)20-23-17-16(19(29)24-20)14(10-15(27)22-17)18(28)21-12-2-4-13(5-3-12)26(30)31/h2-5,11,14H,6-10H2,1H3,(H,21,28)(H2,22,23,24,27,29)/t14-/m1/s1. The zero-order valence-corrected chi connectivity index (χ0v) is 16.9. The molecule has 2 aliphatic heterocycles. The number of nitro groups is 1. The van der Waals surface area contributed by atoms with Gasteiger partial charge in [0, 0.05) is 37.3 Å². The molecular weight excluding hydrogens is 404 g/mol. The highest BCUT2D eigenvalue weighted by Crippen LogP contribution is 2.31. The number of benzene rings is 1. The van der Waals surface area contributed by atoms with Crippen molar-refractivity contribution in [3.05, 3.63) is 50.3 Å². The number of hydrogen-bond acceptors (Lipinski definition) is 7. The van der Waals surface area contributed by atoms with E-state index in [9.17, 15) is 24.5 Å². The van der Waals surface area contributed by atoms with Gasteiger partial charge >= 0.3 is 0 Å². The Morgan fingerprint density at radius 1 is 1.23 bits per heavy atom. The highest BCUT2D eigenvalue weighted by Gasteiger charge is 2.35. The normalized spacial score (nSPS) is 18.8. The number of nitrogens with zero attached hydrogens (tertiary/aromatic N) is 3. The minimum absolute atomic E-state index is 0.0949. The topological polar surface area (TPSA) is 150 Å². The monoisotopic (exact) mass is 426 g/mol. The number of carbonyl (C=O) groups is 2. The Balaban J connectivity index is 1.59. The number of fused-ring (bicyclic) bond motifs is 1. The van der Waals surface area contributed by atoms with Crippen LogP contribution in [0.25, 0.3) is 0 Å². The maximum Gasteiger partial charge on any atom is 0.269 e. The summed E-state index contributed by atoms with van der Waals surface area (Å²) in [6, 6.07) is 5.31. The maximum absolute atomic E-state index is 12.9. The Morgan fingerprint density at radius 3 is 2.55 bits per heavy atom. The highest BCUT2D eigenvalue weighted by atomic mass is 16.6. The number of hydrogen-bond donors (Lipinski definition) is 3. The van der Waals surface area contributed by atoms with E-state index in [4.69, 9.17) is 0 Å². The summed E-state index contributed by atoms with van der Waals surface area (Å²) in [5.74, 6) is -0.910. The van der Waals surface area contributed by atoms with Gasteiger partial charge in [0.1, 0.15) is 5.82 Å². The Kier molecular flexibility index (Phi) is 5.40. The van der Waals surface area contributed by atoms with E-state index in [0.717, 1.165) is 25.9 Å². The molecule has 0 saturated carbocycles. The first-order valence-electron chi connectivity index (χ1n) is 10.1. The van der Waals surface area contributed by atoms with Gasteiger partial charge in [0.2, 0.25) is 17.8 Å².